The number of benzene rings is 1. The van der Waals surface area contributed by atoms with Gasteiger partial charge in [0.2, 0.25) is 5.91 Å². The predicted molar refractivity (Wildman–Crippen MR) is 83.5 cm³/mol. The number of halogens is 2. The molecule has 0 unspecified atom stereocenters. The summed E-state index contributed by atoms with van der Waals surface area (Å²) in [5.74, 6) is -2.42. The van der Waals surface area contributed by atoms with E-state index >= 15 is 0 Å². The molecule has 0 spiro atoms. The Bertz CT molecular complexity index is 758. The molecular weight excluding hydrogens is 332 g/mol. The molecule has 2 aromatic rings. The summed E-state index contributed by atoms with van der Waals surface area (Å²) in [5, 5.41) is 3.94. The highest BCUT2D eigenvalue weighted by Gasteiger charge is 2.25. The predicted octanol–water partition coefficient (Wildman–Crippen LogP) is 0.931. The van der Waals surface area contributed by atoms with Gasteiger partial charge in [0.25, 0.3) is 5.91 Å². The molecule has 1 saturated heterocycles. The number of rotatable bonds is 4. The lowest BCUT2D eigenvalue weighted by Gasteiger charge is -2.35. The number of aromatic nitrogens is 3. The van der Waals surface area contributed by atoms with Gasteiger partial charge in [-0.3, -0.25) is 14.3 Å². The molecule has 1 aromatic heterocycles. The van der Waals surface area contributed by atoms with Crippen molar-refractivity contribution in [1.82, 2.24) is 24.6 Å². The number of piperazine rings is 1. The second-order valence-corrected chi connectivity index (χ2v) is 5.71. The van der Waals surface area contributed by atoms with E-state index in [-0.39, 0.29) is 17.4 Å². The maximum Gasteiger partial charge on any atom is 0.254 e. The van der Waals surface area contributed by atoms with Crippen LogP contribution in [0.1, 0.15) is 16.8 Å². The first-order valence-electron chi connectivity index (χ1n) is 7.89. The Morgan fingerprint density at radius 3 is 2.40 bits per heavy atom. The first-order chi connectivity index (χ1) is 12.0. The summed E-state index contributed by atoms with van der Waals surface area (Å²) in [6, 6.07) is 3.09. The fraction of sp³-hybridized carbons (Fsp3) is 0.375. The molecule has 0 aliphatic carbocycles. The number of hydrogen-bond donors (Lipinski definition) is 0. The van der Waals surface area contributed by atoms with Crippen molar-refractivity contribution >= 4 is 11.8 Å². The molecule has 1 fully saturated rings. The molecule has 1 aliphatic rings. The molecule has 2 heterocycles. The van der Waals surface area contributed by atoms with Crippen LogP contribution in [-0.2, 0) is 11.3 Å². The lowest BCUT2D eigenvalue weighted by atomic mass is 10.1. The second kappa shape index (κ2) is 7.37. The zero-order valence-corrected chi connectivity index (χ0v) is 13.4. The first kappa shape index (κ1) is 17.0. The van der Waals surface area contributed by atoms with Crippen LogP contribution in [-0.4, -0.2) is 62.6 Å². The van der Waals surface area contributed by atoms with Crippen molar-refractivity contribution in [3.05, 3.63) is 48.1 Å². The molecule has 1 aliphatic heterocycles. The molecule has 0 saturated carbocycles. The summed E-state index contributed by atoms with van der Waals surface area (Å²) in [4.78, 5) is 31.6. The van der Waals surface area contributed by atoms with E-state index in [0.717, 1.165) is 12.1 Å². The summed E-state index contributed by atoms with van der Waals surface area (Å²) in [7, 11) is 0. The van der Waals surface area contributed by atoms with E-state index in [1.54, 1.807) is 15.9 Å². The molecule has 9 heteroatoms. The highest BCUT2D eigenvalue weighted by molar-refractivity contribution is 5.94. The minimum absolute atomic E-state index is 0.0181. The van der Waals surface area contributed by atoms with E-state index in [1.165, 1.54) is 17.3 Å². The normalized spacial score (nSPS) is 14.6. The van der Waals surface area contributed by atoms with Crippen LogP contribution in [0.15, 0.2) is 30.9 Å². The van der Waals surface area contributed by atoms with E-state index < -0.39 is 11.6 Å². The van der Waals surface area contributed by atoms with Gasteiger partial charge in [0, 0.05) is 38.2 Å². The average molecular weight is 349 g/mol. The summed E-state index contributed by atoms with van der Waals surface area (Å²) in [6.07, 6.45) is 3.26. The van der Waals surface area contributed by atoms with Crippen molar-refractivity contribution in [3.8, 4) is 0 Å². The van der Waals surface area contributed by atoms with Crippen molar-refractivity contribution in [2.24, 2.45) is 0 Å². The van der Waals surface area contributed by atoms with Crippen molar-refractivity contribution in [2.45, 2.75) is 13.0 Å². The van der Waals surface area contributed by atoms with Crippen molar-refractivity contribution in [2.75, 3.05) is 26.2 Å². The highest BCUT2D eigenvalue weighted by atomic mass is 19.2. The lowest BCUT2D eigenvalue weighted by molar-refractivity contribution is -0.132. The molecule has 0 bridgehead atoms. The highest BCUT2D eigenvalue weighted by Crippen LogP contribution is 2.13. The second-order valence-electron chi connectivity index (χ2n) is 5.71. The van der Waals surface area contributed by atoms with Gasteiger partial charge in [0.15, 0.2) is 11.6 Å². The van der Waals surface area contributed by atoms with E-state index in [1.807, 2.05) is 0 Å². The fourth-order valence-corrected chi connectivity index (χ4v) is 2.69. The van der Waals surface area contributed by atoms with Crippen LogP contribution in [0, 0.1) is 11.6 Å². The van der Waals surface area contributed by atoms with Crippen LogP contribution in [0.4, 0.5) is 8.78 Å². The number of amides is 2. The van der Waals surface area contributed by atoms with Crippen LogP contribution in [0.2, 0.25) is 0 Å². The maximum absolute atomic E-state index is 13.3. The molecule has 132 valence electrons. The van der Waals surface area contributed by atoms with Gasteiger partial charge in [0.1, 0.15) is 12.7 Å². The van der Waals surface area contributed by atoms with Gasteiger partial charge in [0.05, 0.1) is 6.54 Å². The quantitative estimate of drug-likeness (QED) is 0.823. The van der Waals surface area contributed by atoms with Crippen LogP contribution in [0.3, 0.4) is 0 Å². The Labute approximate surface area is 142 Å². The monoisotopic (exact) mass is 349 g/mol. The molecule has 0 atom stereocenters. The van der Waals surface area contributed by atoms with Gasteiger partial charge < -0.3 is 9.80 Å². The minimum Gasteiger partial charge on any atom is -0.339 e. The van der Waals surface area contributed by atoms with E-state index in [9.17, 15) is 18.4 Å². The van der Waals surface area contributed by atoms with Gasteiger partial charge in [-0.15, -0.1) is 0 Å². The number of carbonyl (C=O) groups excluding carboxylic acids is 2. The number of carbonyl (C=O) groups is 2. The standard InChI is InChI=1S/C16H17F2N5O2/c17-13-2-1-12(9-14(13)18)16(25)22-7-5-21(6-8-22)15(24)3-4-23-11-19-10-20-23/h1-2,9-11H,3-8H2. The molecule has 2 amide bonds. The molecule has 0 N–H and O–H groups in total. The fourth-order valence-electron chi connectivity index (χ4n) is 2.69. The maximum atomic E-state index is 13.3. The molecular formula is C16H17F2N5O2. The zero-order valence-electron chi connectivity index (χ0n) is 13.4. The lowest BCUT2D eigenvalue weighted by Crippen LogP contribution is -2.50. The Morgan fingerprint density at radius 2 is 1.76 bits per heavy atom. The van der Waals surface area contributed by atoms with Crippen LogP contribution in [0.5, 0.6) is 0 Å². The molecule has 7 nitrogen and oxygen atoms in total. The Kier molecular flexibility index (Phi) is 5.01. The Balaban J connectivity index is 1.51. The molecule has 25 heavy (non-hydrogen) atoms. The van der Waals surface area contributed by atoms with Crippen molar-refractivity contribution in [1.29, 1.82) is 0 Å². The van der Waals surface area contributed by atoms with Gasteiger partial charge in [-0.2, -0.15) is 5.10 Å². The third-order valence-corrected chi connectivity index (χ3v) is 4.11. The van der Waals surface area contributed by atoms with E-state index in [4.69, 9.17) is 0 Å². The number of nitrogens with zero attached hydrogens (tertiary/aromatic N) is 5. The topological polar surface area (TPSA) is 71.3 Å². The third-order valence-electron chi connectivity index (χ3n) is 4.11. The summed E-state index contributed by atoms with van der Waals surface area (Å²) in [5.41, 5.74) is 0.102. The Morgan fingerprint density at radius 1 is 1.04 bits per heavy atom. The van der Waals surface area contributed by atoms with Crippen LogP contribution in [0.25, 0.3) is 0 Å². The smallest absolute Gasteiger partial charge is 0.254 e. The van der Waals surface area contributed by atoms with Crippen LogP contribution >= 0.6 is 0 Å². The molecule has 3 rings (SSSR count). The zero-order chi connectivity index (χ0) is 17.8. The van der Waals surface area contributed by atoms with Crippen LogP contribution < -0.4 is 0 Å². The molecule has 1 aromatic carbocycles. The number of aryl methyl sites for hydroxylation is 1. The van der Waals surface area contributed by atoms with Gasteiger partial charge in [-0.1, -0.05) is 0 Å². The first-order valence-corrected chi connectivity index (χ1v) is 7.89. The van der Waals surface area contributed by atoms with E-state index in [2.05, 4.69) is 10.1 Å². The van der Waals surface area contributed by atoms with Gasteiger partial charge in [-0.05, 0) is 18.2 Å². The van der Waals surface area contributed by atoms with Crippen molar-refractivity contribution in [3.63, 3.8) is 0 Å². The van der Waals surface area contributed by atoms with Gasteiger partial charge >= 0.3 is 0 Å². The van der Waals surface area contributed by atoms with E-state index in [0.29, 0.717) is 39.1 Å². The Hall–Kier alpha value is -2.84. The third kappa shape index (κ3) is 3.98. The summed E-state index contributed by atoms with van der Waals surface area (Å²) in [6.45, 7) is 1.98. The number of hydrogen-bond acceptors (Lipinski definition) is 4. The average Bonchev–Trinajstić information content (AvgIpc) is 3.15. The summed E-state index contributed by atoms with van der Waals surface area (Å²) >= 11 is 0. The molecule has 0 radical (unpaired) electrons. The minimum atomic E-state index is -1.05. The summed E-state index contributed by atoms with van der Waals surface area (Å²) < 4.78 is 27.8. The largest absolute Gasteiger partial charge is 0.339 e. The van der Waals surface area contributed by atoms with Crippen molar-refractivity contribution < 1.29 is 18.4 Å². The van der Waals surface area contributed by atoms with Gasteiger partial charge in [-0.25, -0.2) is 13.8 Å². The SMILES string of the molecule is O=C(CCn1cncn1)N1CCN(C(=O)c2ccc(F)c(F)c2)CC1.